The van der Waals surface area contributed by atoms with E-state index in [9.17, 15) is 4.79 Å². The molecule has 0 radical (unpaired) electrons. The lowest BCUT2D eigenvalue weighted by Crippen LogP contribution is -2.40. The fourth-order valence-corrected chi connectivity index (χ4v) is 5.64. The number of aromatic nitrogens is 2. The quantitative estimate of drug-likeness (QED) is 0.201. The minimum absolute atomic E-state index is 0.248. The van der Waals surface area contributed by atoms with Crippen LogP contribution in [0.25, 0.3) is 11.0 Å². The molecule has 2 atom stereocenters. The summed E-state index contributed by atoms with van der Waals surface area (Å²) in [6.07, 6.45) is 4.43. The van der Waals surface area contributed by atoms with Gasteiger partial charge in [-0.15, -0.1) is 0 Å². The number of benzene rings is 3. The molecule has 0 saturated carbocycles. The first-order valence-corrected chi connectivity index (χ1v) is 14.1. The number of methoxy groups -OCH3 is 1. The van der Waals surface area contributed by atoms with Crippen LogP contribution in [0.2, 0.25) is 0 Å². The Labute approximate surface area is 231 Å². The van der Waals surface area contributed by atoms with Crippen molar-refractivity contribution in [1.82, 2.24) is 14.5 Å². The van der Waals surface area contributed by atoms with Crippen LogP contribution in [0, 0.1) is 5.92 Å². The molecule has 0 aliphatic carbocycles. The van der Waals surface area contributed by atoms with Crippen molar-refractivity contribution in [2.45, 2.75) is 51.5 Å². The van der Waals surface area contributed by atoms with Crippen molar-refractivity contribution < 1.29 is 14.3 Å². The lowest BCUT2D eigenvalue weighted by Gasteiger charge is -2.33. The average molecular weight is 526 g/mol. The predicted octanol–water partition coefficient (Wildman–Crippen LogP) is 6.84. The summed E-state index contributed by atoms with van der Waals surface area (Å²) in [5.74, 6) is 3.52. The second-order valence-corrected chi connectivity index (χ2v) is 10.7. The predicted molar refractivity (Wildman–Crippen MR) is 155 cm³/mol. The summed E-state index contributed by atoms with van der Waals surface area (Å²) in [5.41, 5.74) is 3.42. The molecule has 2 heterocycles. The van der Waals surface area contributed by atoms with E-state index in [0.717, 1.165) is 74.8 Å². The second kappa shape index (κ2) is 12.9. The number of hydrogen-bond acceptors (Lipinski definition) is 4. The van der Waals surface area contributed by atoms with E-state index in [1.807, 2.05) is 48.5 Å². The smallest absolute Gasteiger partial charge is 0.222 e. The molecule has 0 N–H and O–H groups in total. The molecule has 6 nitrogen and oxygen atoms in total. The fraction of sp³-hybridized carbons (Fsp3) is 0.394. The topological polar surface area (TPSA) is 56.6 Å². The molecule has 3 aromatic carbocycles. The van der Waals surface area contributed by atoms with Crippen molar-refractivity contribution in [3.8, 4) is 11.5 Å². The summed E-state index contributed by atoms with van der Waals surface area (Å²) in [6, 6.07) is 26.4. The average Bonchev–Trinajstić information content (AvgIpc) is 3.33. The van der Waals surface area contributed by atoms with Crippen molar-refractivity contribution in [2.75, 3.05) is 26.8 Å². The Bertz CT molecular complexity index is 1350. The summed E-state index contributed by atoms with van der Waals surface area (Å²) in [4.78, 5) is 20.5. The van der Waals surface area contributed by atoms with E-state index in [4.69, 9.17) is 14.5 Å². The van der Waals surface area contributed by atoms with Crippen LogP contribution in [0.5, 0.6) is 11.5 Å². The molecular weight excluding hydrogens is 486 g/mol. The van der Waals surface area contributed by atoms with E-state index in [2.05, 4.69) is 46.7 Å². The van der Waals surface area contributed by atoms with E-state index in [0.29, 0.717) is 6.42 Å². The van der Waals surface area contributed by atoms with E-state index >= 15 is 0 Å². The van der Waals surface area contributed by atoms with Crippen molar-refractivity contribution >= 4 is 16.9 Å². The summed E-state index contributed by atoms with van der Waals surface area (Å²) < 4.78 is 13.6. The number of nitrogens with zero attached hydrogens (tertiary/aromatic N) is 3. The van der Waals surface area contributed by atoms with Gasteiger partial charge in [0, 0.05) is 45.7 Å². The Balaban J connectivity index is 1.19. The van der Waals surface area contributed by atoms with Crippen LogP contribution in [0.1, 0.15) is 49.9 Å². The molecule has 1 aromatic heterocycles. The molecular formula is C33H39N3O3. The zero-order valence-electron chi connectivity index (χ0n) is 23.1. The van der Waals surface area contributed by atoms with Crippen molar-refractivity contribution in [3.05, 3.63) is 90.3 Å². The van der Waals surface area contributed by atoms with Gasteiger partial charge in [0.05, 0.1) is 11.0 Å². The van der Waals surface area contributed by atoms with Gasteiger partial charge in [-0.05, 0) is 73.6 Å². The van der Waals surface area contributed by atoms with Gasteiger partial charge in [0.2, 0.25) is 5.91 Å². The zero-order chi connectivity index (χ0) is 27.0. The molecule has 6 heteroatoms. The maximum Gasteiger partial charge on any atom is 0.222 e. The lowest BCUT2D eigenvalue weighted by molar-refractivity contribution is -0.133. The second-order valence-electron chi connectivity index (χ2n) is 10.7. The molecule has 1 aliphatic heterocycles. The third-order valence-electron chi connectivity index (χ3n) is 7.56. The van der Waals surface area contributed by atoms with Crippen LogP contribution in [0.4, 0.5) is 0 Å². The highest BCUT2D eigenvalue weighted by atomic mass is 16.5. The van der Waals surface area contributed by atoms with Crippen LogP contribution in [-0.4, -0.2) is 47.2 Å². The molecule has 1 saturated heterocycles. The normalized spacial score (nSPS) is 16.4. The van der Waals surface area contributed by atoms with E-state index in [1.165, 1.54) is 11.1 Å². The summed E-state index contributed by atoms with van der Waals surface area (Å²) >= 11 is 0. The minimum Gasteiger partial charge on any atom is -0.457 e. The van der Waals surface area contributed by atoms with Gasteiger partial charge in [-0.1, -0.05) is 49.4 Å². The lowest BCUT2D eigenvalue weighted by atomic mass is 9.94. The zero-order valence-corrected chi connectivity index (χ0v) is 23.1. The number of piperidine rings is 1. The van der Waals surface area contributed by atoms with E-state index < -0.39 is 0 Å². The number of amides is 1. The molecule has 204 valence electrons. The van der Waals surface area contributed by atoms with E-state index in [1.54, 1.807) is 7.11 Å². The van der Waals surface area contributed by atoms with Crippen LogP contribution in [0.3, 0.4) is 0 Å². The molecule has 1 aliphatic rings. The fourth-order valence-electron chi connectivity index (χ4n) is 5.64. The Kier molecular flexibility index (Phi) is 8.94. The van der Waals surface area contributed by atoms with Gasteiger partial charge in [-0.3, -0.25) is 4.79 Å². The highest BCUT2D eigenvalue weighted by Crippen LogP contribution is 2.30. The minimum atomic E-state index is 0.248. The number of carbonyl (C=O) groups is 1. The van der Waals surface area contributed by atoms with Gasteiger partial charge in [0.1, 0.15) is 17.3 Å². The number of ether oxygens (including phenoxy) is 2. The Hall–Kier alpha value is -3.64. The highest BCUT2D eigenvalue weighted by Gasteiger charge is 2.29. The first kappa shape index (κ1) is 26.9. The van der Waals surface area contributed by atoms with Gasteiger partial charge < -0.3 is 18.9 Å². The molecule has 1 amide bonds. The third kappa shape index (κ3) is 6.87. The Morgan fingerprint density at radius 3 is 2.54 bits per heavy atom. The number of aryl methyl sites for hydroxylation is 1. The number of likely N-dealkylation sites (tertiary alicyclic amines) is 1. The number of fused-ring (bicyclic) bond motifs is 1. The summed E-state index contributed by atoms with van der Waals surface area (Å²) in [5, 5.41) is 0. The number of para-hydroxylation sites is 3. The molecule has 0 unspecified atom stereocenters. The standard InChI is InChI=1S/C33H39N3O3/c1-25(22-26-15-17-29(18-16-26)39-28-11-4-3-5-12-28)23-32(37)35-19-8-10-27(24-35)33-34-30-13-6-7-14-31(30)36(33)20-9-21-38-2/h3-7,11-18,25,27H,8-10,19-24H2,1-2H3/t25-,27-/m1/s1. The van der Waals surface area contributed by atoms with Crippen molar-refractivity contribution in [2.24, 2.45) is 5.92 Å². The largest absolute Gasteiger partial charge is 0.457 e. The maximum atomic E-state index is 13.4. The molecule has 4 aromatic rings. The number of imidazole rings is 1. The molecule has 1 fully saturated rings. The van der Waals surface area contributed by atoms with Gasteiger partial charge >= 0.3 is 0 Å². The molecule has 0 spiro atoms. The molecule has 5 rings (SSSR count). The summed E-state index contributed by atoms with van der Waals surface area (Å²) in [6.45, 7) is 5.34. The Morgan fingerprint density at radius 1 is 1.00 bits per heavy atom. The SMILES string of the molecule is COCCCn1c([C@@H]2CCCN(C(=O)C[C@H](C)Cc3ccc(Oc4ccccc4)cc3)C2)nc2ccccc21. The number of hydrogen-bond donors (Lipinski definition) is 0. The van der Waals surface area contributed by atoms with Crippen LogP contribution < -0.4 is 4.74 Å². The van der Waals surface area contributed by atoms with Gasteiger partial charge in [0.15, 0.2) is 0 Å². The van der Waals surface area contributed by atoms with Gasteiger partial charge in [-0.2, -0.15) is 0 Å². The first-order chi connectivity index (χ1) is 19.1. The van der Waals surface area contributed by atoms with Crippen molar-refractivity contribution in [3.63, 3.8) is 0 Å². The summed E-state index contributed by atoms with van der Waals surface area (Å²) in [7, 11) is 1.74. The maximum absolute atomic E-state index is 13.4. The molecule has 0 bridgehead atoms. The van der Waals surface area contributed by atoms with Crippen LogP contribution in [-0.2, 0) is 22.5 Å². The van der Waals surface area contributed by atoms with Crippen LogP contribution >= 0.6 is 0 Å². The van der Waals surface area contributed by atoms with Gasteiger partial charge in [-0.25, -0.2) is 4.98 Å². The van der Waals surface area contributed by atoms with Crippen LogP contribution in [0.15, 0.2) is 78.9 Å². The van der Waals surface area contributed by atoms with Crippen molar-refractivity contribution in [1.29, 1.82) is 0 Å². The highest BCUT2D eigenvalue weighted by molar-refractivity contribution is 5.77. The third-order valence-corrected chi connectivity index (χ3v) is 7.56. The Morgan fingerprint density at radius 2 is 1.74 bits per heavy atom. The number of carbonyl (C=O) groups excluding carboxylic acids is 1. The van der Waals surface area contributed by atoms with E-state index in [-0.39, 0.29) is 17.7 Å². The monoisotopic (exact) mass is 525 g/mol. The first-order valence-electron chi connectivity index (χ1n) is 14.1. The number of rotatable bonds is 11. The van der Waals surface area contributed by atoms with Gasteiger partial charge in [0.25, 0.3) is 0 Å². The molecule has 39 heavy (non-hydrogen) atoms.